The Bertz CT molecular complexity index is 924. The van der Waals surface area contributed by atoms with Gasteiger partial charge < -0.3 is 25.8 Å². The molecule has 28 heavy (non-hydrogen) atoms. The van der Waals surface area contributed by atoms with E-state index in [-0.39, 0.29) is 23.4 Å². The zero-order valence-corrected chi connectivity index (χ0v) is 15.6. The lowest BCUT2D eigenvalue weighted by molar-refractivity contribution is -0.142. The summed E-state index contributed by atoms with van der Waals surface area (Å²) in [7, 11) is 1.21. The largest absolute Gasteiger partial charge is 0.469 e. The van der Waals surface area contributed by atoms with Crippen LogP contribution in [0.5, 0.6) is 11.5 Å². The Hall–Kier alpha value is -3.55. The number of esters is 1. The van der Waals surface area contributed by atoms with E-state index < -0.39 is 23.8 Å². The average molecular weight is 383 g/mol. The number of hydrogen-bond donors (Lipinski definition) is 3. The van der Waals surface area contributed by atoms with Gasteiger partial charge in [-0.3, -0.25) is 14.4 Å². The molecule has 1 aliphatic heterocycles. The first kappa shape index (κ1) is 19.2. The number of rotatable bonds is 5. The normalized spacial score (nSPS) is 15.7. The van der Waals surface area contributed by atoms with E-state index in [1.165, 1.54) is 24.8 Å². The Morgan fingerprint density at radius 2 is 1.89 bits per heavy atom. The summed E-state index contributed by atoms with van der Waals surface area (Å²) in [6.45, 7) is 2.06. The van der Waals surface area contributed by atoms with Gasteiger partial charge >= 0.3 is 5.97 Å². The zero-order valence-electron chi connectivity index (χ0n) is 15.6. The number of hydrogen-bond acceptors (Lipinski definition) is 6. The van der Waals surface area contributed by atoms with Gasteiger partial charge in [0.05, 0.1) is 30.5 Å². The highest BCUT2D eigenvalue weighted by molar-refractivity contribution is 6.11. The van der Waals surface area contributed by atoms with Gasteiger partial charge in [0.1, 0.15) is 11.8 Å². The van der Waals surface area contributed by atoms with Gasteiger partial charge in [0.25, 0.3) is 5.91 Å². The molecule has 8 heteroatoms. The van der Waals surface area contributed by atoms with Crippen molar-refractivity contribution in [1.82, 2.24) is 5.32 Å². The number of nitrogen functional groups attached to an aromatic ring is 1. The van der Waals surface area contributed by atoms with Gasteiger partial charge in [-0.15, -0.1) is 0 Å². The third-order valence-electron chi connectivity index (χ3n) is 4.43. The van der Waals surface area contributed by atoms with Crippen LogP contribution in [0.3, 0.4) is 0 Å². The lowest BCUT2D eigenvalue weighted by Gasteiger charge is -2.13. The second-order valence-electron chi connectivity index (χ2n) is 6.33. The van der Waals surface area contributed by atoms with Gasteiger partial charge in [0.2, 0.25) is 5.91 Å². The molecule has 2 aromatic rings. The van der Waals surface area contributed by atoms with Gasteiger partial charge in [0, 0.05) is 0 Å². The quantitative estimate of drug-likeness (QED) is 0.538. The number of nitrogens with one attached hydrogen (secondary N) is 2. The van der Waals surface area contributed by atoms with Gasteiger partial charge in [-0.2, -0.15) is 0 Å². The second-order valence-corrected chi connectivity index (χ2v) is 6.33. The van der Waals surface area contributed by atoms with Crippen LogP contribution < -0.4 is 21.1 Å². The highest BCUT2D eigenvalue weighted by Gasteiger charge is 2.30. The maximum absolute atomic E-state index is 12.6. The SMILES string of the molecule is CCc1ccc(Oc2cc3c(cc2N)NC(=O)[C@H](CC(=O)OC)NC3=O)cc1. The minimum Gasteiger partial charge on any atom is -0.469 e. The maximum Gasteiger partial charge on any atom is 0.308 e. The molecule has 4 N–H and O–H groups in total. The van der Waals surface area contributed by atoms with Crippen molar-refractivity contribution in [2.24, 2.45) is 0 Å². The molecule has 0 spiro atoms. The molecule has 1 aliphatic rings. The molecular formula is C20H21N3O5. The predicted molar refractivity (Wildman–Crippen MR) is 103 cm³/mol. The second kappa shape index (κ2) is 7.99. The molecule has 0 unspecified atom stereocenters. The van der Waals surface area contributed by atoms with Crippen LogP contribution in [0.2, 0.25) is 0 Å². The van der Waals surface area contributed by atoms with Crippen molar-refractivity contribution >= 4 is 29.2 Å². The topological polar surface area (TPSA) is 120 Å². The number of anilines is 2. The lowest BCUT2D eigenvalue weighted by Crippen LogP contribution is -2.42. The zero-order chi connectivity index (χ0) is 20.3. The molecule has 0 saturated heterocycles. The van der Waals surface area contributed by atoms with E-state index in [0.717, 1.165) is 6.42 Å². The van der Waals surface area contributed by atoms with Crippen LogP contribution in [0.1, 0.15) is 29.3 Å². The van der Waals surface area contributed by atoms with Crippen molar-refractivity contribution in [3.05, 3.63) is 47.5 Å². The summed E-state index contributed by atoms with van der Waals surface area (Å²) >= 11 is 0. The van der Waals surface area contributed by atoms with E-state index >= 15 is 0 Å². The Labute approximate surface area is 162 Å². The number of amides is 2. The van der Waals surface area contributed by atoms with Gasteiger partial charge in [-0.25, -0.2) is 0 Å². The molecule has 0 aliphatic carbocycles. The number of aryl methyl sites for hydroxylation is 1. The summed E-state index contributed by atoms with van der Waals surface area (Å²) in [5.74, 6) is -0.788. The lowest BCUT2D eigenvalue weighted by atomic mass is 10.1. The Morgan fingerprint density at radius 3 is 2.54 bits per heavy atom. The smallest absolute Gasteiger partial charge is 0.308 e. The first-order valence-corrected chi connectivity index (χ1v) is 8.80. The molecule has 0 bridgehead atoms. The fourth-order valence-corrected chi connectivity index (χ4v) is 2.81. The number of methoxy groups -OCH3 is 1. The monoisotopic (exact) mass is 383 g/mol. The summed E-state index contributed by atoms with van der Waals surface area (Å²) in [5, 5.41) is 5.14. The number of carbonyl (C=O) groups is 3. The Morgan fingerprint density at radius 1 is 1.18 bits per heavy atom. The van der Waals surface area contributed by atoms with E-state index in [1.807, 2.05) is 24.3 Å². The van der Waals surface area contributed by atoms with Crippen LogP contribution in [0, 0.1) is 0 Å². The summed E-state index contributed by atoms with van der Waals surface area (Å²) in [6, 6.07) is 9.41. The maximum atomic E-state index is 12.6. The van der Waals surface area contributed by atoms with Crippen molar-refractivity contribution in [2.75, 3.05) is 18.2 Å². The molecule has 0 saturated carbocycles. The van der Waals surface area contributed by atoms with Crippen LogP contribution >= 0.6 is 0 Å². The van der Waals surface area contributed by atoms with Gasteiger partial charge in [-0.1, -0.05) is 19.1 Å². The number of benzene rings is 2. The third-order valence-corrected chi connectivity index (χ3v) is 4.43. The first-order valence-electron chi connectivity index (χ1n) is 8.80. The number of fused-ring (bicyclic) bond motifs is 1. The molecule has 0 aromatic heterocycles. The van der Waals surface area contributed by atoms with Gasteiger partial charge in [0.15, 0.2) is 5.75 Å². The van der Waals surface area contributed by atoms with Crippen LogP contribution in [0.15, 0.2) is 36.4 Å². The summed E-state index contributed by atoms with van der Waals surface area (Å²) in [6.07, 6.45) is 0.637. The fraction of sp³-hybridized carbons (Fsp3) is 0.250. The van der Waals surface area contributed by atoms with Crippen LogP contribution in [-0.2, 0) is 20.7 Å². The molecule has 0 fully saturated rings. The molecule has 3 rings (SSSR count). The van der Waals surface area contributed by atoms with Crippen LogP contribution in [0.4, 0.5) is 11.4 Å². The molecule has 146 valence electrons. The summed E-state index contributed by atoms with van der Waals surface area (Å²) in [5.41, 5.74) is 7.92. The molecule has 1 atom stereocenters. The average Bonchev–Trinajstić information content (AvgIpc) is 2.79. The van der Waals surface area contributed by atoms with Crippen molar-refractivity contribution in [3.8, 4) is 11.5 Å². The van der Waals surface area contributed by atoms with Crippen molar-refractivity contribution in [2.45, 2.75) is 25.8 Å². The predicted octanol–water partition coefficient (Wildman–Crippen LogP) is 2.24. The highest BCUT2D eigenvalue weighted by Crippen LogP contribution is 2.34. The Kier molecular flexibility index (Phi) is 5.49. The number of carbonyl (C=O) groups excluding carboxylic acids is 3. The van der Waals surface area contributed by atoms with Crippen LogP contribution in [-0.4, -0.2) is 30.9 Å². The van der Waals surface area contributed by atoms with Crippen molar-refractivity contribution < 1.29 is 23.9 Å². The minimum absolute atomic E-state index is 0.190. The molecular weight excluding hydrogens is 362 g/mol. The highest BCUT2D eigenvalue weighted by atomic mass is 16.5. The third kappa shape index (κ3) is 4.06. The van der Waals surface area contributed by atoms with E-state index in [2.05, 4.69) is 22.3 Å². The standard InChI is InChI=1S/C20H21N3O5/c1-3-11-4-6-12(7-5-11)28-17-8-13-15(9-14(17)21)22-20(26)16(23-19(13)25)10-18(24)27-2/h4-9,16H,3,10,21H2,1-2H3,(H,22,26)(H,23,25)/t16-/m0/s1. The Balaban J connectivity index is 1.87. The molecule has 1 heterocycles. The van der Waals surface area contributed by atoms with E-state index in [9.17, 15) is 14.4 Å². The van der Waals surface area contributed by atoms with Gasteiger partial charge in [-0.05, 0) is 36.2 Å². The minimum atomic E-state index is -1.04. The molecule has 0 radical (unpaired) electrons. The summed E-state index contributed by atoms with van der Waals surface area (Å²) in [4.78, 5) is 36.4. The number of ether oxygens (including phenoxy) is 2. The molecule has 2 amide bonds. The van der Waals surface area contributed by atoms with Crippen molar-refractivity contribution in [1.29, 1.82) is 0 Å². The van der Waals surface area contributed by atoms with Crippen LogP contribution in [0.25, 0.3) is 0 Å². The van der Waals surface area contributed by atoms with Crippen molar-refractivity contribution in [3.63, 3.8) is 0 Å². The van der Waals surface area contributed by atoms with E-state index in [4.69, 9.17) is 10.5 Å². The fourth-order valence-electron chi connectivity index (χ4n) is 2.81. The first-order chi connectivity index (χ1) is 13.4. The van der Waals surface area contributed by atoms with E-state index in [0.29, 0.717) is 11.5 Å². The van der Waals surface area contributed by atoms with E-state index in [1.54, 1.807) is 0 Å². The number of nitrogens with two attached hydrogens (primary N) is 1. The molecule has 8 nitrogen and oxygen atoms in total. The molecule has 2 aromatic carbocycles. The summed E-state index contributed by atoms with van der Waals surface area (Å²) < 4.78 is 10.4.